The van der Waals surface area contributed by atoms with Gasteiger partial charge in [-0.3, -0.25) is 4.79 Å². The minimum Gasteiger partial charge on any atom is -0.384 e. The Labute approximate surface area is 118 Å². The average Bonchev–Trinajstić information content (AvgIpc) is 2.78. The van der Waals surface area contributed by atoms with Gasteiger partial charge in [0.25, 0.3) is 5.91 Å². The van der Waals surface area contributed by atoms with Gasteiger partial charge in [-0.15, -0.1) is 0 Å². The monoisotopic (exact) mass is 268 g/mol. The van der Waals surface area contributed by atoms with Crippen LogP contribution < -0.4 is 5.32 Å². The first-order chi connectivity index (χ1) is 9.61. The van der Waals surface area contributed by atoms with E-state index in [-0.39, 0.29) is 12.5 Å². The molecule has 102 valence electrons. The molecule has 2 N–H and O–H groups in total. The minimum absolute atomic E-state index is 0.144. The van der Waals surface area contributed by atoms with E-state index in [4.69, 9.17) is 5.11 Å². The van der Waals surface area contributed by atoms with Crippen LogP contribution in [0.15, 0.2) is 36.4 Å². The number of aliphatic hydroxyl groups is 1. The molecule has 0 atom stereocenters. The molecule has 0 fully saturated rings. The SMILES string of the molecule is Cc1ccc(C(=O)Nc2ccc(C#CCO)cc2)n1C. The highest BCUT2D eigenvalue weighted by Crippen LogP contribution is 2.12. The van der Waals surface area contributed by atoms with E-state index < -0.39 is 0 Å². The fraction of sp³-hybridized carbons (Fsp3) is 0.188. The van der Waals surface area contributed by atoms with Gasteiger partial charge in [0, 0.05) is 24.0 Å². The molecule has 2 aromatic rings. The van der Waals surface area contributed by atoms with Gasteiger partial charge in [-0.05, 0) is 43.3 Å². The number of aliphatic hydroxyl groups excluding tert-OH is 1. The zero-order chi connectivity index (χ0) is 14.5. The standard InChI is InChI=1S/C16H16N2O2/c1-12-5-10-15(18(12)2)16(20)17-14-8-6-13(7-9-14)4-3-11-19/h5-10,19H,11H2,1-2H3,(H,17,20). The predicted octanol–water partition coefficient (Wildman–Crippen LogP) is 1.93. The van der Waals surface area contributed by atoms with Crippen LogP contribution in [-0.2, 0) is 7.05 Å². The summed E-state index contributed by atoms with van der Waals surface area (Å²) in [6, 6.07) is 10.9. The lowest BCUT2D eigenvalue weighted by Gasteiger charge is -2.07. The third-order valence-corrected chi connectivity index (χ3v) is 3.06. The Kier molecular flexibility index (Phi) is 4.24. The molecule has 1 aromatic carbocycles. The van der Waals surface area contributed by atoms with Crippen LogP contribution in [0.4, 0.5) is 5.69 Å². The summed E-state index contributed by atoms with van der Waals surface area (Å²) in [7, 11) is 1.86. The van der Waals surface area contributed by atoms with Gasteiger partial charge in [0.2, 0.25) is 0 Å². The van der Waals surface area contributed by atoms with Crippen LogP contribution in [0, 0.1) is 18.8 Å². The van der Waals surface area contributed by atoms with E-state index in [2.05, 4.69) is 17.2 Å². The number of nitrogens with zero attached hydrogens (tertiary/aromatic N) is 1. The third kappa shape index (κ3) is 3.08. The van der Waals surface area contributed by atoms with Crippen LogP contribution in [0.25, 0.3) is 0 Å². The zero-order valence-corrected chi connectivity index (χ0v) is 11.5. The predicted molar refractivity (Wildman–Crippen MR) is 78.5 cm³/mol. The molecule has 0 bridgehead atoms. The van der Waals surface area contributed by atoms with E-state index in [1.54, 1.807) is 30.3 Å². The lowest BCUT2D eigenvalue weighted by molar-refractivity contribution is 0.101. The molecule has 1 amide bonds. The highest BCUT2D eigenvalue weighted by atomic mass is 16.2. The molecular formula is C16H16N2O2. The van der Waals surface area contributed by atoms with Crippen LogP contribution in [-0.4, -0.2) is 22.2 Å². The topological polar surface area (TPSA) is 54.3 Å². The number of rotatable bonds is 2. The summed E-state index contributed by atoms with van der Waals surface area (Å²) < 4.78 is 1.84. The van der Waals surface area contributed by atoms with Crippen LogP contribution in [0.3, 0.4) is 0 Å². The van der Waals surface area contributed by atoms with Crippen molar-refractivity contribution in [3.05, 3.63) is 53.3 Å². The van der Waals surface area contributed by atoms with E-state index in [9.17, 15) is 4.79 Å². The van der Waals surface area contributed by atoms with Crippen molar-refractivity contribution in [3.8, 4) is 11.8 Å². The Balaban J connectivity index is 2.10. The number of anilines is 1. The normalized spacial score (nSPS) is 9.75. The van der Waals surface area contributed by atoms with Gasteiger partial charge in [0.05, 0.1) is 0 Å². The smallest absolute Gasteiger partial charge is 0.272 e. The quantitative estimate of drug-likeness (QED) is 0.818. The number of carbonyl (C=O) groups is 1. The fourth-order valence-electron chi connectivity index (χ4n) is 1.81. The number of hydrogen-bond donors (Lipinski definition) is 2. The molecule has 0 aliphatic rings. The molecule has 0 saturated carbocycles. The second-order valence-corrected chi connectivity index (χ2v) is 4.41. The van der Waals surface area contributed by atoms with Gasteiger partial charge < -0.3 is 15.0 Å². The Morgan fingerprint density at radius 1 is 1.25 bits per heavy atom. The van der Waals surface area contributed by atoms with Crippen molar-refractivity contribution in [1.29, 1.82) is 0 Å². The Bertz CT molecular complexity index is 673. The Hall–Kier alpha value is -2.51. The molecular weight excluding hydrogens is 252 g/mol. The average molecular weight is 268 g/mol. The van der Waals surface area contributed by atoms with Crippen molar-refractivity contribution in [1.82, 2.24) is 4.57 Å². The van der Waals surface area contributed by atoms with E-state index in [1.807, 2.05) is 24.6 Å². The molecule has 0 aliphatic heterocycles. The second-order valence-electron chi connectivity index (χ2n) is 4.41. The largest absolute Gasteiger partial charge is 0.384 e. The van der Waals surface area contributed by atoms with E-state index in [0.717, 1.165) is 11.3 Å². The number of amides is 1. The number of benzene rings is 1. The van der Waals surface area contributed by atoms with Gasteiger partial charge in [0.15, 0.2) is 0 Å². The van der Waals surface area contributed by atoms with Crippen LogP contribution in [0.1, 0.15) is 21.7 Å². The number of aromatic nitrogens is 1. The molecule has 1 aromatic heterocycles. The van der Waals surface area contributed by atoms with Crippen molar-refractivity contribution in [2.24, 2.45) is 7.05 Å². The number of aryl methyl sites for hydroxylation is 1. The summed E-state index contributed by atoms with van der Waals surface area (Å²) in [6.07, 6.45) is 0. The number of nitrogens with one attached hydrogen (secondary N) is 1. The Morgan fingerprint density at radius 2 is 1.95 bits per heavy atom. The summed E-state index contributed by atoms with van der Waals surface area (Å²) >= 11 is 0. The Morgan fingerprint density at radius 3 is 2.50 bits per heavy atom. The highest BCUT2D eigenvalue weighted by Gasteiger charge is 2.10. The maximum Gasteiger partial charge on any atom is 0.272 e. The van der Waals surface area contributed by atoms with Crippen LogP contribution in [0.5, 0.6) is 0 Å². The summed E-state index contributed by atoms with van der Waals surface area (Å²) in [6.45, 7) is 1.79. The summed E-state index contributed by atoms with van der Waals surface area (Å²) in [4.78, 5) is 12.1. The lowest BCUT2D eigenvalue weighted by atomic mass is 10.2. The second kappa shape index (κ2) is 6.09. The van der Waals surface area contributed by atoms with E-state index in [1.165, 1.54) is 0 Å². The zero-order valence-electron chi connectivity index (χ0n) is 11.5. The van der Waals surface area contributed by atoms with E-state index >= 15 is 0 Å². The van der Waals surface area contributed by atoms with Crippen LogP contribution in [0.2, 0.25) is 0 Å². The number of carbonyl (C=O) groups excluding carboxylic acids is 1. The maximum absolute atomic E-state index is 12.1. The molecule has 20 heavy (non-hydrogen) atoms. The maximum atomic E-state index is 12.1. The van der Waals surface area contributed by atoms with Gasteiger partial charge in [-0.1, -0.05) is 11.8 Å². The first-order valence-corrected chi connectivity index (χ1v) is 6.25. The van der Waals surface area contributed by atoms with E-state index in [0.29, 0.717) is 11.4 Å². The van der Waals surface area contributed by atoms with Gasteiger partial charge >= 0.3 is 0 Å². The van der Waals surface area contributed by atoms with Gasteiger partial charge in [0.1, 0.15) is 12.3 Å². The van der Waals surface area contributed by atoms with Crippen molar-refractivity contribution >= 4 is 11.6 Å². The first kappa shape index (κ1) is 13.9. The molecule has 0 spiro atoms. The third-order valence-electron chi connectivity index (χ3n) is 3.06. The van der Waals surface area contributed by atoms with Crippen LogP contribution >= 0.6 is 0 Å². The van der Waals surface area contributed by atoms with Gasteiger partial charge in [-0.25, -0.2) is 0 Å². The van der Waals surface area contributed by atoms with Crippen molar-refractivity contribution in [3.63, 3.8) is 0 Å². The molecule has 1 heterocycles. The molecule has 0 unspecified atom stereocenters. The molecule has 0 saturated heterocycles. The first-order valence-electron chi connectivity index (χ1n) is 6.25. The number of hydrogen-bond acceptors (Lipinski definition) is 2. The lowest BCUT2D eigenvalue weighted by Crippen LogP contribution is -2.15. The summed E-state index contributed by atoms with van der Waals surface area (Å²) in [5.74, 6) is 5.23. The summed E-state index contributed by atoms with van der Waals surface area (Å²) in [5, 5.41) is 11.5. The summed E-state index contributed by atoms with van der Waals surface area (Å²) in [5.41, 5.74) is 3.16. The van der Waals surface area contributed by atoms with Crippen molar-refractivity contribution in [2.45, 2.75) is 6.92 Å². The molecule has 2 rings (SSSR count). The molecule has 4 nitrogen and oxygen atoms in total. The van der Waals surface area contributed by atoms with Crippen molar-refractivity contribution in [2.75, 3.05) is 11.9 Å². The highest BCUT2D eigenvalue weighted by molar-refractivity contribution is 6.03. The fourth-order valence-corrected chi connectivity index (χ4v) is 1.81. The molecule has 4 heteroatoms. The van der Waals surface area contributed by atoms with Gasteiger partial charge in [-0.2, -0.15) is 0 Å². The molecule has 0 radical (unpaired) electrons. The minimum atomic E-state index is -0.161. The van der Waals surface area contributed by atoms with Crippen molar-refractivity contribution < 1.29 is 9.90 Å². The molecule has 0 aliphatic carbocycles.